The van der Waals surface area contributed by atoms with Gasteiger partial charge in [0.05, 0.1) is 6.04 Å². The van der Waals surface area contributed by atoms with Gasteiger partial charge in [0.1, 0.15) is 0 Å². The van der Waals surface area contributed by atoms with E-state index in [1.165, 1.54) is 0 Å². The summed E-state index contributed by atoms with van der Waals surface area (Å²) in [6, 6.07) is 14.3. The lowest BCUT2D eigenvalue weighted by atomic mass is 10.1. The van der Waals surface area contributed by atoms with Gasteiger partial charge in [-0.1, -0.05) is 31.2 Å². The van der Waals surface area contributed by atoms with Crippen LogP contribution in [0.5, 0.6) is 0 Å². The summed E-state index contributed by atoms with van der Waals surface area (Å²) < 4.78 is 0. The highest BCUT2D eigenvalue weighted by Gasteiger charge is 2.19. The highest BCUT2D eigenvalue weighted by Crippen LogP contribution is 2.24. The second kappa shape index (κ2) is 8.44. The first kappa shape index (κ1) is 18.7. The minimum atomic E-state index is -0.193. The summed E-state index contributed by atoms with van der Waals surface area (Å²) >= 11 is 0. The Bertz CT molecular complexity index is 742. The van der Waals surface area contributed by atoms with Gasteiger partial charge in [0.25, 0.3) is 5.91 Å². The molecule has 0 radical (unpaired) electrons. The van der Waals surface area contributed by atoms with Gasteiger partial charge in [0.15, 0.2) is 0 Å². The molecule has 1 atom stereocenters. The first-order chi connectivity index (χ1) is 11.9. The quantitative estimate of drug-likeness (QED) is 0.846. The molecular formula is C20H25N3O2. The first-order valence-electron chi connectivity index (χ1n) is 8.37. The van der Waals surface area contributed by atoms with Crippen LogP contribution in [0.4, 0.5) is 11.4 Å². The molecule has 2 N–H and O–H groups in total. The van der Waals surface area contributed by atoms with Crippen LogP contribution < -0.4 is 10.6 Å². The maximum atomic E-state index is 12.5. The molecule has 25 heavy (non-hydrogen) atoms. The Balaban J connectivity index is 2.17. The molecule has 0 aliphatic rings. The normalized spacial score (nSPS) is 11.9. The molecule has 0 aromatic heterocycles. The van der Waals surface area contributed by atoms with Crippen LogP contribution in [-0.4, -0.2) is 36.9 Å². The molecule has 0 aliphatic carbocycles. The molecule has 1 unspecified atom stereocenters. The number of nitrogens with one attached hydrogen (secondary N) is 2. The Hall–Kier alpha value is -2.66. The van der Waals surface area contributed by atoms with E-state index in [0.717, 1.165) is 12.0 Å². The maximum Gasteiger partial charge on any atom is 0.255 e. The Morgan fingerprint density at radius 2 is 1.56 bits per heavy atom. The van der Waals surface area contributed by atoms with Crippen LogP contribution in [0.25, 0.3) is 0 Å². The molecule has 0 bridgehead atoms. The van der Waals surface area contributed by atoms with Gasteiger partial charge in [0, 0.05) is 16.9 Å². The van der Waals surface area contributed by atoms with Gasteiger partial charge >= 0.3 is 0 Å². The summed E-state index contributed by atoms with van der Waals surface area (Å²) in [6.45, 7) is 3.86. The van der Waals surface area contributed by atoms with E-state index in [4.69, 9.17) is 0 Å². The summed E-state index contributed by atoms with van der Waals surface area (Å²) in [4.78, 5) is 26.7. The van der Waals surface area contributed by atoms with Gasteiger partial charge in [-0.05, 0) is 57.3 Å². The van der Waals surface area contributed by atoms with Gasteiger partial charge in [-0.3, -0.25) is 14.5 Å². The summed E-state index contributed by atoms with van der Waals surface area (Å²) in [5, 5.41) is 5.87. The minimum absolute atomic E-state index is 0.0536. The average molecular weight is 339 g/mol. The van der Waals surface area contributed by atoms with Crippen LogP contribution in [0, 0.1) is 6.92 Å². The number of amides is 2. The van der Waals surface area contributed by atoms with Crippen molar-refractivity contribution in [3.05, 3.63) is 59.7 Å². The summed E-state index contributed by atoms with van der Waals surface area (Å²) in [5.74, 6) is -0.228. The van der Waals surface area contributed by atoms with Crippen molar-refractivity contribution in [2.24, 2.45) is 0 Å². The SMILES string of the molecule is CCC(C(=O)Nc1cccc(NC(=O)c2ccccc2)c1C)N(C)C. The molecule has 0 saturated carbocycles. The zero-order valence-electron chi connectivity index (χ0n) is 15.2. The molecule has 2 aromatic rings. The number of rotatable bonds is 6. The van der Waals surface area contributed by atoms with Crippen LogP contribution in [0.15, 0.2) is 48.5 Å². The third-order valence-electron chi connectivity index (χ3n) is 4.19. The minimum Gasteiger partial charge on any atom is -0.324 e. The van der Waals surface area contributed by atoms with Crippen molar-refractivity contribution >= 4 is 23.2 Å². The third kappa shape index (κ3) is 4.67. The van der Waals surface area contributed by atoms with E-state index in [9.17, 15) is 9.59 Å². The number of nitrogens with zero attached hydrogens (tertiary/aromatic N) is 1. The second-order valence-corrected chi connectivity index (χ2v) is 6.18. The second-order valence-electron chi connectivity index (χ2n) is 6.18. The van der Waals surface area contributed by atoms with E-state index in [-0.39, 0.29) is 17.9 Å². The van der Waals surface area contributed by atoms with Crippen LogP contribution in [0.1, 0.15) is 29.3 Å². The van der Waals surface area contributed by atoms with Crippen molar-refractivity contribution in [3.8, 4) is 0 Å². The molecule has 2 amide bonds. The molecular weight excluding hydrogens is 314 g/mol. The zero-order chi connectivity index (χ0) is 18.4. The Labute approximate surface area is 149 Å². The largest absolute Gasteiger partial charge is 0.324 e. The third-order valence-corrected chi connectivity index (χ3v) is 4.19. The number of hydrogen-bond donors (Lipinski definition) is 2. The first-order valence-corrected chi connectivity index (χ1v) is 8.37. The molecule has 0 spiro atoms. The summed E-state index contributed by atoms with van der Waals surface area (Å²) in [5.41, 5.74) is 2.81. The monoisotopic (exact) mass is 339 g/mol. The van der Waals surface area contributed by atoms with Gasteiger partial charge in [-0.15, -0.1) is 0 Å². The summed E-state index contributed by atoms with van der Waals surface area (Å²) in [7, 11) is 3.77. The van der Waals surface area contributed by atoms with Gasteiger partial charge in [-0.2, -0.15) is 0 Å². The molecule has 0 heterocycles. The molecule has 2 rings (SSSR count). The molecule has 0 aliphatic heterocycles. The highest BCUT2D eigenvalue weighted by atomic mass is 16.2. The van der Waals surface area contributed by atoms with Gasteiger partial charge in [0.2, 0.25) is 5.91 Å². The summed E-state index contributed by atoms with van der Waals surface area (Å²) in [6.07, 6.45) is 0.725. The molecule has 5 heteroatoms. The fraction of sp³-hybridized carbons (Fsp3) is 0.300. The van der Waals surface area contributed by atoms with Crippen LogP contribution in [0.3, 0.4) is 0 Å². The number of carbonyl (C=O) groups is 2. The van der Waals surface area contributed by atoms with Crippen LogP contribution in [0.2, 0.25) is 0 Å². The Morgan fingerprint density at radius 1 is 0.960 bits per heavy atom. The predicted molar refractivity (Wildman–Crippen MR) is 102 cm³/mol. The van der Waals surface area contributed by atoms with Gasteiger partial charge < -0.3 is 10.6 Å². The van der Waals surface area contributed by atoms with Gasteiger partial charge in [-0.25, -0.2) is 0 Å². The van der Waals surface area contributed by atoms with Crippen molar-refractivity contribution in [2.45, 2.75) is 26.3 Å². The van der Waals surface area contributed by atoms with Crippen molar-refractivity contribution in [1.29, 1.82) is 0 Å². The molecule has 5 nitrogen and oxygen atoms in total. The van der Waals surface area contributed by atoms with E-state index in [1.807, 2.05) is 69.2 Å². The smallest absolute Gasteiger partial charge is 0.255 e. The number of hydrogen-bond acceptors (Lipinski definition) is 3. The lowest BCUT2D eigenvalue weighted by Crippen LogP contribution is -2.39. The Morgan fingerprint density at radius 3 is 2.12 bits per heavy atom. The standard InChI is InChI=1S/C20H25N3O2/c1-5-18(23(3)4)20(25)22-17-13-9-12-16(14(17)2)21-19(24)15-10-7-6-8-11-15/h6-13,18H,5H2,1-4H3,(H,21,24)(H,22,25). The molecule has 2 aromatic carbocycles. The van der Waals surface area contributed by atoms with E-state index in [0.29, 0.717) is 16.9 Å². The lowest BCUT2D eigenvalue weighted by Gasteiger charge is -2.22. The van der Waals surface area contributed by atoms with Crippen LogP contribution in [-0.2, 0) is 4.79 Å². The number of carbonyl (C=O) groups excluding carboxylic acids is 2. The van der Waals surface area contributed by atoms with E-state index in [2.05, 4.69) is 10.6 Å². The molecule has 132 valence electrons. The van der Waals surface area contributed by atoms with E-state index >= 15 is 0 Å². The van der Waals surface area contributed by atoms with Crippen LogP contribution >= 0.6 is 0 Å². The molecule has 0 fully saturated rings. The zero-order valence-corrected chi connectivity index (χ0v) is 15.2. The van der Waals surface area contributed by atoms with Crippen molar-refractivity contribution in [3.63, 3.8) is 0 Å². The highest BCUT2D eigenvalue weighted by molar-refractivity contribution is 6.05. The predicted octanol–water partition coefficient (Wildman–Crippen LogP) is 3.53. The fourth-order valence-electron chi connectivity index (χ4n) is 2.69. The topological polar surface area (TPSA) is 61.4 Å². The van der Waals surface area contributed by atoms with Crippen molar-refractivity contribution in [2.75, 3.05) is 24.7 Å². The number of likely N-dealkylation sites (N-methyl/N-ethyl adjacent to an activating group) is 1. The number of benzene rings is 2. The van der Waals surface area contributed by atoms with E-state index < -0.39 is 0 Å². The average Bonchev–Trinajstić information content (AvgIpc) is 2.59. The van der Waals surface area contributed by atoms with Crippen molar-refractivity contribution in [1.82, 2.24) is 4.90 Å². The lowest BCUT2D eigenvalue weighted by molar-refractivity contribution is -0.120. The number of anilines is 2. The maximum absolute atomic E-state index is 12.5. The van der Waals surface area contributed by atoms with E-state index in [1.54, 1.807) is 12.1 Å². The Kier molecular flexibility index (Phi) is 6.31. The fourth-order valence-corrected chi connectivity index (χ4v) is 2.69. The van der Waals surface area contributed by atoms with Crippen molar-refractivity contribution < 1.29 is 9.59 Å². The molecule has 0 saturated heterocycles.